The predicted octanol–water partition coefficient (Wildman–Crippen LogP) is 1.42. The highest BCUT2D eigenvalue weighted by atomic mass is 16.3. The molecule has 2 unspecified atom stereocenters. The molecule has 0 amide bonds. The fourth-order valence-electron chi connectivity index (χ4n) is 1.78. The van der Waals surface area contributed by atoms with Crippen molar-refractivity contribution in [2.45, 2.75) is 19.1 Å². The molecule has 1 aromatic rings. The number of hydrogen-bond donors (Lipinski definition) is 1. The summed E-state index contributed by atoms with van der Waals surface area (Å²) in [5.74, 6) is 0. The number of nitrogens with zero attached hydrogens (tertiary/aromatic N) is 1. The lowest BCUT2D eigenvalue weighted by molar-refractivity contribution is 0.117. The first-order valence-corrected chi connectivity index (χ1v) is 4.76. The van der Waals surface area contributed by atoms with Crippen molar-refractivity contribution in [2.75, 3.05) is 13.1 Å². The van der Waals surface area contributed by atoms with E-state index in [2.05, 4.69) is 17.0 Å². The highest BCUT2D eigenvalue weighted by Crippen LogP contribution is 2.29. The molecular weight excluding hydrogens is 162 g/mol. The quantitative estimate of drug-likeness (QED) is 0.706. The summed E-state index contributed by atoms with van der Waals surface area (Å²) >= 11 is 0. The molecule has 1 fully saturated rings. The van der Waals surface area contributed by atoms with Crippen LogP contribution in [0.1, 0.15) is 18.5 Å². The average molecular weight is 177 g/mol. The van der Waals surface area contributed by atoms with Crippen LogP contribution in [0.4, 0.5) is 0 Å². The molecule has 2 heteroatoms. The Kier molecular flexibility index (Phi) is 2.34. The van der Waals surface area contributed by atoms with Gasteiger partial charge in [0.25, 0.3) is 0 Å². The summed E-state index contributed by atoms with van der Waals surface area (Å²) in [5.41, 5.74) is 1.22. The van der Waals surface area contributed by atoms with E-state index in [4.69, 9.17) is 0 Å². The van der Waals surface area contributed by atoms with Crippen LogP contribution in [0.5, 0.6) is 0 Å². The zero-order chi connectivity index (χ0) is 9.26. The molecule has 13 heavy (non-hydrogen) atoms. The van der Waals surface area contributed by atoms with Crippen LogP contribution < -0.4 is 0 Å². The van der Waals surface area contributed by atoms with E-state index >= 15 is 0 Å². The molecule has 0 spiro atoms. The molecule has 1 aromatic carbocycles. The van der Waals surface area contributed by atoms with Gasteiger partial charge in [-0.2, -0.15) is 0 Å². The molecule has 0 radical (unpaired) electrons. The number of hydrogen-bond acceptors (Lipinski definition) is 2. The number of rotatable bonds is 3. The standard InChI is InChI=1S/C11H15NO/c1-9(13)11(12-7-8-12)10-5-3-2-4-6-10/h2-6,9,11,13H,7-8H2,1H3. The second-order valence-electron chi connectivity index (χ2n) is 3.63. The molecule has 0 saturated carbocycles. The smallest absolute Gasteiger partial charge is 0.0708 e. The molecule has 0 bridgehead atoms. The molecule has 2 nitrogen and oxygen atoms in total. The van der Waals surface area contributed by atoms with E-state index in [1.165, 1.54) is 5.56 Å². The van der Waals surface area contributed by atoms with Crippen molar-refractivity contribution >= 4 is 0 Å². The van der Waals surface area contributed by atoms with E-state index in [9.17, 15) is 5.11 Å². The van der Waals surface area contributed by atoms with Crippen molar-refractivity contribution in [3.8, 4) is 0 Å². The first-order chi connectivity index (χ1) is 6.29. The van der Waals surface area contributed by atoms with Crippen molar-refractivity contribution in [3.05, 3.63) is 35.9 Å². The highest BCUT2D eigenvalue weighted by Gasteiger charge is 2.31. The lowest BCUT2D eigenvalue weighted by Crippen LogP contribution is -2.22. The maximum atomic E-state index is 9.63. The zero-order valence-corrected chi connectivity index (χ0v) is 7.85. The number of aliphatic hydroxyl groups excluding tert-OH is 1. The third-order valence-corrected chi connectivity index (χ3v) is 2.47. The Morgan fingerprint density at radius 3 is 2.31 bits per heavy atom. The van der Waals surface area contributed by atoms with Crippen molar-refractivity contribution in [3.63, 3.8) is 0 Å². The van der Waals surface area contributed by atoms with Gasteiger partial charge in [-0.3, -0.25) is 4.90 Å². The van der Waals surface area contributed by atoms with Crippen LogP contribution in [0.3, 0.4) is 0 Å². The summed E-state index contributed by atoms with van der Waals surface area (Å²) in [5, 5.41) is 9.63. The van der Waals surface area contributed by atoms with Crippen LogP contribution in [0.2, 0.25) is 0 Å². The van der Waals surface area contributed by atoms with Crippen LogP contribution >= 0.6 is 0 Å². The van der Waals surface area contributed by atoms with Gasteiger partial charge in [0.2, 0.25) is 0 Å². The second-order valence-corrected chi connectivity index (χ2v) is 3.63. The normalized spacial score (nSPS) is 21.1. The van der Waals surface area contributed by atoms with Gasteiger partial charge in [-0.1, -0.05) is 30.3 Å². The van der Waals surface area contributed by atoms with Gasteiger partial charge in [0.1, 0.15) is 0 Å². The summed E-state index contributed by atoms with van der Waals surface area (Å²) in [6, 6.07) is 10.4. The maximum Gasteiger partial charge on any atom is 0.0708 e. The molecule has 1 N–H and O–H groups in total. The zero-order valence-electron chi connectivity index (χ0n) is 7.85. The summed E-state index contributed by atoms with van der Waals surface area (Å²) in [7, 11) is 0. The third kappa shape index (κ3) is 1.90. The van der Waals surface area contributed by atoms with Crippen LogP contribution in [-0.4, -0.2) is 29.2 Å². The minimum Gasteiger partial charge on any atom is -0.391 e. The van der Waals surface area contributed by atoms with Crippen molar-refractivity contribution in [1.82, 2.24) is 4.90 Å². The summed E-state index contributed by atoms with van der Waals surface area (Å²) < 4.78 is 0. The van der Waals surface area contributed by atoms with E-state index in [0.29, 0.717) is 0 Å². The highest BCUT2D eigenvalue weighted by molar-refractivity contribution is 5.21. The van der Waals surface area contributed by atoms with Gasteiger partial charge >= 0.3 is 0 Å². The van der Waals surface area contributed by atoms with E-state index in [1.807, 2.05) is 25.1 Å². The van der Waals surface area contributed by atoms with Gasteiger partial charge in [0.05, 0.1) is 12.1 Å². The fraction of sp³-hybridized carbons (Fsp3) is 0.455. The minimum atomic E-state index is -0.287. The van der Waals surface area contributed by atoms with Gasteiger partial charge in [-0.15, -0.1) is 0 Å². The Bertz CT molecular complexity index is 265. The van der Waals surface area contributed by atoms with E-state index in [0.717, 1.165) is 13.1 Å². The van der Waals surface area contributed by atoms with Crippen LogP contribution in [0.25, 0.3) is 0 Å². The lowest BCUT2D eigenvalue weighted by atomic mass is 10.0. The third-order valence-electron chi connectivity index (χ3n) is 2.47. The van der Waals surface area contributed by atoms with Crippen LogP contribution in [-0.2, 0) is 0 Å². The van der Waals surface area contributed by atoms with Gasteiger partial charge in [0.15, 0.2) is 0 Å². The number of aliphatic hydroxyl groups is 1. The van der Waals surface area contributed by atoms with Crippen molar-refractivity contribution < 1.29 is 5.11 Å². The van der Waals surface area contributed by atoms with Gasteiger partial charge in [-0.05, 0) is 12.5 Å². The molecule has 1 saturated heterocycles. The largest absolute Gasteiger partial charge is 0.391 e. The average Bonchev–Trinajstić information content (AvgIpc) is 2.90. The molecule has 0 aliphatic carbocycles. The molecule has 1 aliphatic rings. The van der Waals surface area contributed by atoms with Crippen molar-refractivity contribution in [1.29, 1.82) is 0 Å². The first kappa shape index (κ1) is 8.73. The second kappa shape index (κ2) is 3.48. The Morgan fingerprint density at radius 1 is 1.23 bits per heavy atom. The van der Waals surface area contributed by atoms with E-state index in [1.54, 1.807) is 0 Å². The molecule has 1 aliphatic heterocycles. The monoisotopic (exact) mass is 177 g/mol. The predicted molar refractivity (Wildman–Crippen MR) is 52.4 cm³/mol. The topological polar surface area (TPSA) is 23.2 Å². The Morgan fingerprint density at radius 2 is 1.85 bits per heavy atom. The SMILES string of the molecule is CC(O)C(c1ccccc1)N1CC1. The maximum absolute atomic E-state index is 9.63. The Balaban J connectivity index is 2.20. The molecule has 1 heterocycles. The summed E-state index contributed by atoms with van der Waals surface area (Å²) in [4.78, 5) is 2.28. The Hall–Kier alpha value is -0.860. The summed E-state index contributed by atoms with van der Waals surface area (Å²) in [6.45, 7) is 4.09. The Labute approximate surface area is 78.8 Å². The van der Waals surface area contributed by atoms with E-state index < -0.39 is 0 Å². The molecule has 70 valence electrons. The first-order valence-electron chi connectivity index (χ1n) is 4.76. The molecule has 2 atom stereocenters. The minimum absolute atomic E-state index is 0.196. The molecule has 0 aromatic heterocycles. The van der Waals surface area contributed by atoms with E-state index in [-0.39, 0.29) is 12.1 Å². The van der Waals surface area contributed by atoms with Crippen molar-refractivity contribution in [2.24, 2.45) is 0 Å². The molecule has 2 rings (SSSR count). The van der Waals surface area contributed by atoms with Gasteiger partial charge in [-0.25, -0.2) is 0 Å². The summed E-state index contributed by atoms with van der Waals surface area (Å²) in [6.07, 6.45) is -0.287. The fourth-order valence-corrected chi connectivity index (χ4v) is 1.78. The van der Waals surface area contributed by atoms with Gasteiger partial charge < -0.3 is 5.11 Å². The van der Waals surface area contributed by atoms with Crippen LogP contribution in [0, 0.1) is 0 Å². The molecular formula is C11H15NO. The number of benzene rings is 1. The lowest BCUT2D eigenvalue weighted by Gasteiger charge is -2.21. The van der Waals surface area contributed by atoms with Crippen LogP contribution in [0.15, 0.2) is 30.3 Å². The van der Waals surface area contributed by atoms with Gasteiger partial charge in [0, 0.05) is 13.1 Å².